The first kappa shape index (κ1) is 17.6. The van der Waals surface area contributed by atoms with Crippen LogP contribution >= 0.6 is 0 Å². The first-order valence-electron chi connectivity index (χ1n) is 9.26. The van der Waals surface area contributed by atoms with Gasteiger partial charge in [0.05, 0.1) is 12.9 Å². The van der Waals surface area contributed by atoms with Gasteiger partial charge in [-0.15, -0.1) is 0 Å². The van der Waals surface area contributed by atoms with Crippen LogP contribution in [0.4, 0.5) is 5.88 Å². The van der Waals surface area contributed by atoms with Gasteiger partial charge in [-0.1, -0.05) is 0 Å². The Hall–Kier alpha value is -2.79. The summed E-state index contributed by atoms with van der Waals surface area (Å²) in [4.78, 5) is 20.5. The fourth-order valence-electron chi connectivity index (χ4n) is 3.13. The third-order valence-electron chi connectivity index (χ3n) is 4.95. The fraction of sp³-hybridized carbons (Fsp3) is 0.526. The number of nitrogens with zero attached hydrogens (tertiary/aromatic N) is 4. The van der Waals surface area contributed by atoms with Gasteiger partial charge >= 0.3 is 0 Å². The molecule has 0 N–H and O–H groups in total. The molecule has 1 aliphatic heterocycles. The second-order valence-electron chi connectivity index (χ2n) is 6.99. The second kappa shape index (κ2) is 7.45. The third-order valence-corrected chi connectivity index (χ3v) is 4.95. The van der Waals surface area contributed by atoms with E-state index in [1.165, 1.54) is 19.1 Å². The number of carbonyl (C=O) groups excluding carboxylic acids is 1. The molecule has 1 aliphatic carbocycles. The highest BCUT2D eigenvalue weighted by atomic mass is 16.5. The number of carbonyl (C=O) groups is 1. The SMILES string of the molecule is CC(OCC1CC1)C(=O)N1CCN(c2oc(-c3ccco3)nc2C#N)CC1. The number of aromatic nitrogens is 1. The molecule has 142 valence electrons. The number of hydrogen-bond acceptors (Lipinski definition) is 7. The molecule has 4 rings (SSSR count). The average molecular weight is 370 g/mol. The summed E-state index contributed by atoms with van der Waals surface area (Å²) in [6.07, 6.45) is 3.53. The lowest BCUT2D eigenvalue weighted by Gasteiger charge is -2.35. The number of anilines is 1. The normalized spacial score (nSPS) is 18.4. The van der Waals surface area contributed by atoms with E-state index >= 15 is 0 Å². The number of ether oxygens (including phenoxy) is 1. The maximum Gasteiger partial charge on any atom is 0.266 e. The molecule has 8 nitrogen and oxygen atoms in total. The molecule has 2 fully saturated rings. The Morgan fingerprint density at radius 2 is 2.19 bits per heavy atom. The van der Waals surface area contributed by atoms with Gasteiger partial charge in [-0.25, -0.2) is 0 Å². The zero-order valence-corrected chi connectivity index (χ0v) is 15.3. The maximum absolute atomic E-state index is 12.5. The molecule has 0 bridgehead atoms. The average Bonchev–Trinajstić information content (AvgIpc) is 3.19. The fourth-order valence-corrected chi connectivity index (χ4v) is 3.13. The summed E-state index contributed by atoms with van der Waals surface area (Å²) in [5.74, 6) is 1.84. The molecule has 0 spiro atoms. The number of amides is 1. The van der Waals surface area contributed by atoms with Crippen LogP contribution in [0, 0.1) is 17.2 Å². The Kier molecular flexibility index (Phi) is 4.86. The highest BCUT2D eigenvalue weighted by molar-refractivity contribution is 5.80. The van der Waals surface area contributed by atoms with Crippen molar-refractivity contribution >= 4 is 11.8 Å². The van der Waals surface area contributed by atoms with Crippen LogP contribution in [0.5, 0.6) is 0 Å². The molecule has 0 radical (unpaired) electrons. The van der Waals surface area contributed by atoms with Crippen LogP contribution in [-0.4, -0.2) is 54.7 Å². The molecular weight excluding hydrogens is 348 g/mol. The summed E-state index contributed by atoms with van der Waals surface area (Å²) in [5, 5.41) is 9.37. The summed E-state index contributed by atoms with van der Waals surface area (Å²) in [5.41, 5.74) is 0.224. The molecule has 2 aromatic rings. The zero-order chi connectivity index (χ0) is 18.8. The van der Waals surface area contributed by atoms with Gasteiger partial charge < -0.3 is 23.4 Å². The monoisotopic (exact) mass is 370 g/mol. The molecule has 27 heavy (non-hydrogen) atoms. The summed E-state index contributed by atoms with van der Waals surface area (Å²) in [6, 6.07) is 5.54. The van der Waals surface area contributed by atoms with Crippen LogP contribution in [0.25, 0.3) is 11.7 Å². The predicted molar refractivity (Wildman–Crippen MR) is 95.9 cm³/mol. The van der Waals surface area contributed by atoms with Crippen LogP contribution in [0.1, 0.15) is 25.5 Å². The number of hydrogen-bond donors (Lipinski definition) is 0. The van der Waals surface area contributed by atoms with E-state index in [9.17, 15) is 10.1 Å². The lowest BCUT2D eigenvalue weighted by Crippen LogP contribution is -2.51. The minimum absolute atomic E-state index is 0.0182. The van der Waals surface area contributed by atoms with Crippen molar-refractivity contribution in [3.8, 4) is 17.7 Å². The molecule has 0 aromatic carbocycles. The van der Waals surface area contributed by atoms with E-state index in [0.29, 0.717) is 50.3 Å². The molecular formula is C19H22N4O4. The minimum atomic E-state index is -0.414. The van der Waals surface area contributed by atoms with E-state index in [-0.39, 0.29) is 17.5 Å². The zero-order valence-electron chi connectivity index (χ0n) is 15.3. The molecule has 2 aromatic heterocycles. The summed E-state index contributed by atoms with van der Waals surface area (Å²) in [7, 11) is 0. The highest BCUT2D eigenvalue weighted by Gasteiger charge is 2.30. The molecule has 8 heteroatoms. The van der Waals surface area contributed by atoms with Crippen molar-refractivity contribution in [1.29, 1.82) is 5.26 Å². The largest absolute Gasteiger partial charge is 0.459 e. The van der Waals surface area contributed by atoms with Crippen LogP contribution in [0.15, 0.2) is 27.2 Å². The molecule has 1 unspecified atom stereocenters. The van der Waals surface area contributed by atoms with Crippen LogP contribution in [0.2, 0.25) is 0 Å². The van der Waals surface area contributed by atoms with E-state index in [1.54, 1.807) is 12.1 Å². The standard InChI is InChI=1S/C19H22N4O4/c1-13(26-12-14-4-5-14)18(24)22-6-8-23(9-7-22)19-15(11-20)21-17(27-19)16-3-2-10-25-16/h2-3,10,13-14H,4-9,12H2,1H3. The van der Waals surface area contributed by atoms with E-state index in [4.69, 9.17) is 13.6 Å². The topological polar surface area (TPSA) is 95.7 Å². The third kappa shape index (κ3) is 3.83. The number of oxazole rings is 1. The quantitative estimate of drug-likeness (QED) is 0.769. The van der Waals surface area contributed by atoms with Crippen molar-refractivity contribution < 1.29 is 18.4 Å². The predicted octanol–water partition coefficient (Wildman–Crippen LogP) is 2.27. The Morgan fingerprint density at radius 3 is 2.81 bits per heavy atom. The molecule has 1 saturated heterocycles. The number of rotatable bonds is 6. The number of furan rings is 1. The Morgan fingerprint density at radius 1 is 1.41 bits per heavy atom. The Labute approximate surface area is 157 Å². The van der Waals surface area contributed by atoms with Crippen molar-refractivity contribution in [1.82, 2.24) is 9.88 Å². The first-order valence-corrected chi connectivity index (χ1v) is 9.26. The van der Waals surface area contributed by atoms with E-state index < -0.39 is 6.10 Å². The van der Waals surface area contributed by atoms with E-state index in [2.05, 4.69) is 11.1 Å². The van der Waals surface area contributed by atoms with Gasteiger partial charge in [-0.2, -0.15) is 10.2 Å². The van der Waals surface area contributed by atoms with Crippen molar-refractivity contribution in [2.24, 2.45) is 5.92 Å². The highest BCUT2D eigenvalue weighted by Crippen LogP contribution is 2.30. The van der Waals surface area contributed by atoms with Gasteiger partial charge in [0.15, 0.2) is 5.76 Å². The van der Waals surface area contributed by atoms with Crippen LogP contribution < -0.4 is 4.90 Å². The van der Waals surface area contributed by atoms with E-state index in [1.807, 2.05) is 16.7 Å². The van der Waals surface area contributed by atoms with Crippen molar-refractivity contribution in [2.45, 2.75) is 25.9 Å². The lowest BCUT2D eigenvalue weighted by atomic mass is 10.2. The Bertz CT molecular complexity index is 827. The van der Waals surface area contributed by atoms with Crippen molar-refractivity contribution in [3.05, 3.63) is 24.1 Å². The molecule has 1 amide bonds. The molecule has 2 aliphatic rings. The van der Waals surface area contributed by atoms with Gasteiger partial charge in [0.25, 0.3) is 11.8 Å². The van der Waals surface area contributed by atoms with Gasteiger partial charge in [-0.05, 0) is 37.8 Å². The smallest absolute Gasteiger partial charge is 0.266 e. The Balaban J connectivity index is 1.37. The summed E-state index contributed by atoms with van der Waals surface area (Å²) in [6.45, 7) is 4.74. The van der Waals surface area contributed by atoms with Crippen LogP contribution in [0.3, 0.4) is 0 Å². The van der Waals surface area contributed by atoms with Gasteiger partial charge in [0.2, 0.25) is 11.6 Å². The summed E-state index contributed by atoms with van der Waals surface area (Å²) >= 11 is 0. The van der Waals surface area contributed by atoms with Crippen molar-refractivity contribution in [2.75, 3.05) is 37.7 Å². The lowest BCUT2D eigenvalue weighted by molar-refractivity contribution is -0.143. The van der Waals surface area contributed by atoms with Crippen LogP contribution in [-0.2, 0) is 9.53 Å². The van der Waals surface area contributed by atoms with Gasteiger partial charge in [-0.3, -0.25) is 4.79 Å². The molecule has 1 saturated carbocycles. The second-order valence-corrected chi connectivity index (χ2v) is 6.99. The first-order chi connectivity index (χ1) is 13.2. The van der Waals surface area contributed by atoms with Crippen molar-refractivity contribution in [3.63, 3.8) is 0 Å². The molecule has 1 atom stereocenters. The summed E-state index contributed by atoms with van der Waals surface area (Å²) < 4.78 is 16.7. The molecule has 3 heterocycles. The number of nitriles is 1. The maximum atomic E-state index is 12.5. The van der Waals surface area contributed by atoms with E-state index in [0.717, 1.165) is 0 Å². The minimum Gasteiger partial charge on any atom is -0.459 e. The van der Waals surface area contributed by atoms with Gasteiger partial charge in [0.1, 0.15) is 12.2 Å². The number of piperazine rings is 1. The van der Waals surface area contributed by atoms with Gasteiger partial charge in [0, 0.05) is 26.2 Å².